The second-order valence-electron chi connectivity index (χ2n) is 4.90. The maximum atomic E-state index is 12.2. The number of carbonyl (C=O) groups excluding carboxylic acids is 2. The summed E-state index contributed by atoms with van der Waals surface area (Å²) in [4.78, 5) is 24.4. The summed E-state index contributed by atoms with van der Waals surface area (Å²) in [5.74, 6) is -0.981. The fourth-order valence-electron chi connectivity index (χ4n) is 2.13. The molecule has 0 unspecified atom stereocenters. The van der Waals surface area contributed by atoms with Gasteiger partial charge in [-0.15, -0.1) is 6.58 Å². The third-order valence-electron chi connectivity index (χ3n) is 3.20. The van der Waals surface area contributed by atoms with Crippen LogP contribution in [0.25, 0.3) is 0 Å². The lowest BCUT2D eigenvalue weighted by Crippen LogP contribution is -2.16. The molecule has 0 atom stereocenters. The van der Waals surface area contributed by atoms with Gasteiger partial charge in [-0.1, -0.05) is 38.0 Å². The van der Waals surface area contributed by atoms with E-state index < -0.39 is 11.9 Å². The average Bonchev–Trinajstić information content (AvgIpc) is 2.51. The number of allylic oxidation sites excluding steroid dienone is 1. The van der Waals surface area contributed by atoms with E-state index >= 15 is 0 Å². The van der Waals surface area contributed by atoms with Crippen molar-refractivity contribution in [2.75, 3.05) is 13.2 Å². The summed E-state index contributed by atoms with van der Waals surface area (Å²) in [5, 5.41) is 0. The summed E-state index contributed by atoms with van der Waals surface area (Å²) in [6, 6.07) is 5.13. The van der Waals surface area contributed by atoms with E-state index in [1.54, 1.807) is 31.2 Å². The van der Waals surface area contributed by atoms with Gasteiger partial charge in [-0.2, -0.15) is 0 Å². The Morgan fingerprint density at radius 2 is 1.91 bits per heavy atom. The Hall–Kier alpha value is -2.10. The van der Waals surface area contributed by atoms with Gasteiger partial charge in [0.1, 0.15) is 0 Å². The van der Waals surface area contributed by atoms with E-state index in [0.717, 1.165) is 24.8 Å². The van der Waals surface area contributed by atoms with Gasteiger partial charge in [0.15, 0.2) is 0 Å². The highest BCUT2D eigenvalue weighted by atomic mass is 16.5. The Morgan fingerprint density at radius 3 is 2.55 bits per heavy atom. The van der Waals surface area contributed by atoms with E-state index in [9.17, 15) is 9.59 Å². The maximum Gasteiger partial charge on any atom is 0.339 e. The Labute approximate surface area is 132 Å². The van der Waals surface area contributed by atoms with Crippen LogP contribution in [0.3, 0.4) is 0 Å². The molecule has 0 amide bonds. The minimum Gasteiger partial charge on any atom is -0.462 e. The molecule has 0 spiro atoms. The predicted octanol–water partition coefficient (Wildman–Crippen LogP) is 3.94. The van der Waals surface area contributed by atoms with E-state index in [4.69, 9.17) is 9.47 Å². The number of ether oxygens (including phenoxy) is 2. The fourth-order valence-corrected chi connectivity index (χ4v) is 2.13. The van der Waals surface area contributed by atoms with Crippen LogP contribution in [0.5, 0.6) is 0 Å². The van der Waals surface area contributed by atoms with Gasteiger partial charge < -0.3 is 9.47 Å². The van der Waals surface area contributed by atoms with E-state index in [2.05, 4.69) is 13.5 Å². The molecule has 1 rings (SSSR count). The van der Waals surface area contributed by atoms with Gasteiger partial charge in [-0.25, -0.2) is 9.59 Å². The molecule has 22 heavy (non-hydrogen) atoms. The van der Waals surface area contributed by atoms with Crippen LogP contribution in [0.4, 0.5) is 0 Å². The first kappa shape index (κ1) is 18.0. The molecule has 4 nitrogen and oxygen atoms in total. The normalized spacial score (nSPS) is 10.1. The lowest BCUT2D eigenvalue weighted by atomic mass is 9.98. The molecule has 0 N–H and O–H groups in total. The third kappa shape index (κ3) is 5.02. The van der Waals surface area contributed by atoms with Crippen LogP contribution in [-0.2, 0) is 15.9 Å². The van der Waals surface area contributed by atoms with Crippen molar-refractivity contribution in [1.29, 1.82) is 0 Å². The third-order valence-corrected chi connectivity index (χ3v) is 3.20. The maximum absolute atomic E-state index is 12.2. The number of esters is 2. The van der Waals surface area contributed by atoms with Crippen molar-refractivity contribution in [3.63, 3.8) is 0 Å². The lowest BCUT2D eigenvalue weighted by molar-refractivity contribution is 0.0462. The SMILES string of the molecule is C=CCc1cccc(C(=O)OCCCCC)c1C(=O)OCC. The second kappa shape index (κ2) is 9.77. The molecule has 4 heteroatoms. The average molecular weight is 304 g/mol. The number of benzene rings is 1. The van der Waals surface area contributed by atoms with Crippen LogP contribution in [0.2, 0.25) is 0 Å². The van der Waals surface area contributed by atoms with E-state index in [1.165, 1.54) is 0 Å². The van der Waals surface area contributed by atoms with E-state index in [1.807, 2.05) is 0 Å². The van der Waals surface area contributed by atoms with Crippen LogP contribution in [0.1, 0.15) is 59.4 Å². The monoisotopic (exact) mass is 304 g/mol. The highest BCUT2D eigenvalue weighted by Gasteiger charge is 2.22. The molecule has 0 aliphatic heterocycles. The van der Waals surface area contributed by atoms with Crippen LogP contribution in [0, 0.1) is 0 Å². The highest BCUT2D eigenvalue weighted by molar-refractivity contribution is 6.04. The van der Waals surface area contributed by atoms with Crippen LogP contribution in [0.15, 0.2) is 30.9 Å². The van der Waals surface area contributed by atoms with E-state index in [0.29, 0.717) is 13.0 Å². The predicted molar refractivity (Wildman–Crippen MR) is 86.1 cm³/mol. The minimum absolute atomic E-state index is 0.256. The Bertz CT molecular complexity index is 520. The van der Waals surface area contributed by atoms with Crippen molar-refractivity contribution in [2.24, 2.45) is 0 Å². The topological polar surface area (TPSA) is 52.6 Å². The van der Waals surface area contributed by atoms with E-state index in [-0.39, 0.29) is 17.7 Å². The number of rotatable bonds is 9. The summed E-state index contributed by atoms with van der Waals surface area (Å²) in [5.41, 5.74) is 1.26. The molecule has 0 saturated carbocycles. The lowest BCUT2D eigenvalue weighted by Gasteiger charge is -2.12. The van der Waals surface area contributed by atoms with Gasteiger partial charge in [0.2, 0.25) is 0 Å². The molecule has 0 heterocycles. The van der Waals surface area contributed by atoms with Gasteiger partial charge in [0, 0.05) is 0 Å². The summed E-state index contributed by atoms with van der Waals surface area (Å²) in [6.07, 6.45) is 5.07. The molecule has 0 saturated heterocycles. The smallest absolute Gasteiger partial charge is 0.339 e. The van der Waals surface area contributed by atoms with Crippen LogP contribution < -0.4 is 0 Å². The minimum atomic E-state index is -0.500. The van der Waals surface area contributed by atoms with Crippen molar-refractivity contribution >= 4 is 11.9 Å². The first-order chi connectivity index (χ1) is 10.7. The molecule has 0 aromatic heterocycles. The summed E-state index contributed by atoms with van der Waals surface area (Å²) in [6.45, 7) is 8.11. The quantitative estimate of drug-likeness (QED) is 0.394. The first-order valence-electron chi connectivity index (χ1n) is 7.72. The van der Waals surface area contributed by atoms with Gasteiger partial charge in [0.05, 0.1) is 24.3 Å². The van der Waals surface area contributed by atoms with Gasteiger partial charge in [-0.3, -0.25) is 0 Å². The van der Waals surface area contributed by atoms with Crippen molar-refractivity contribution in [2.45, 2.75) is 39.5 Å². The zero-order valence-electron chi connectivity index (χ0n) is 13.4. The zero-order valence-corrected chi connectivity index (χ0v) is 13.4. The van der Waals surface area contributed by atoms with Gasteiger partial charge in [0.25, 0.3) is 0 Å². The largest absolute Gasteiger partial charge is 0.462 e. The molecule has 0 fully saturated rings. The fraction of sp³-hybridized carbons (Fsp3) is 0.444. The molecule has 0 aliphatic rings. The molecule has 0 aliphatic carbocycles. The zero-order chi connectivity index (χ0) is 16.4. The molecular weight excluding hydrogens is 280 g/mol. The molecular formula is C18H24O4. The van der Waals surface area contributed by atoms with Crippen molar-refractivity contribution < 1.29 is 19.1 Å². The van der Waals surface area contributed by atoms with Crippen LogP contribution in [-0.4, -0.2) is 25.2 Å². The summed E-state index contributed by atoms with van der Waals surface area (Å²) >= 11 is 0. The van der Waals surface area contributed by atoms with Crippen molar-refractivity contribution in [3.8, 4) is 0 Å². The highest BCUT2D eigenvalue weighted by Crippen LogP contribution is 2.19. The number of hydrogen-bond donors (Lipinski definition) is 0. The van der Waals surface area contributed by atoms with Crippen LogP contribution >= 0.6 is 0 Å². The number of carbonyl (C=O) groups is 2. The van der Waals surface area contributed by atoms with Gasteiger partial charge >= 0.3 is 11.9 Å². The summed E-state index contributed by atoms with van der Waals surface area (Å²) in [7, 11) is 0. The number of unbranched alkanes of at least 4 members (excludes halogenated alkanes) is 2. The molecule has 1 aromatic carbocycles. The van der Waals surface area contributed by atoms with Gasteiger partial charge in [-0.05, 0) is 31.4 Å². The second-order valence-corrected chi connectivity index (χ2v) is 4.90. The standard InChI is InChI=1S/C18H24O4/c1-4-7-8-13-22-17(19)15-12-9-11-14(10-5-2)16(15)18(20)21-6-3/h5,9,11-12H,2,4,6-8,10,13H2,1,3H3. The Morgan fingerprint density at radius 1 is 1.14 bits per heavy atom. The van der Waals surface area contributed by atoms with Crippen molar-refractivity contribution in [1.82, 2.24) is 0 Å². The summed E-state index contributed by atoms with van der Waals surface area (Å²) < 4.78 is 10.3. The molecule has 0 bridgehead atoms. The Kier molecular flexibility index (Phi) is 7.97. The Balaban J connectivity index is 3.01. The molecule has 1 aromatic rings. The number of hydrogen-bond acceptors (Lipinski definition) is 4. The molecule has 0 radical (unpaired) electrons. The molecule has 120 valence electrons. The van der Waals surface area contributed by atoms with Crippen molar-refractivity contribution in [3.05, 3.63) is 47.5 Å². The first-order valence-corrected chi connectivity index (χ1v) is 7.72.